The first-order valence-electron chi connectivity index (χ1n) is 7.36. The van der Waals surface area contributed by atoms with Crippen LogP contribution in [0.5, 0.6) is 0 Å². The molecule has 10 heteroatoms. The van der Waals surface area contributed by atoms with Crippen LogP contribution in [-0.4, -0.2) is 43.2 Å². The van der Waals surface area contributed by atoms with E-state index >= 15 is 0 Å². The maximum absolute atomic E-state index is 14.5. The summed E-state index contributed by atoms with van der Waals surface area (Å²) >= 11 is 0. The highest BCUT2D eigenvalue weighted by atomic mass is 19.3. The van der Waals surface area contributed by atoms with Gasteiger partial charge in [-0.25, -0.2) is 27.6 Å². The molecule has 1 aliphatic rings. The van der Waals surface area contributed by atoms with Gasteiger partial charge in [-0.1, -0.05) is 6.07 Å². The van der Waals surface area contributed by atoms with Crippen molar-refractivity contribution >= 4 is 6.09 Å². The maximum Gasteiger partial charge on any atom is 0.410 e. The summed E-state index contributed by atoms with van der Waals surface area (Å²) in [4.78, 5) is 16.0. The smallest absolute Gasteiger partial charge is 0.410 e. The van der Waals surface area contributed by atoms with E-state index in [0.717, 1.165) is 17.3 Å². The van der Waals surface area contributed by atoms with Crippen molar-refractivity contribution in [2.75, 3.05) is 6.61 Å². The molecule has 0 bridgehead atoms. The summed E-state index contributed by atoms with van der Waals surface area (Å²) in [6.07, 6.45) is -3.20. The van der Waals surface area contributed by atoms with Gasteiger partial charge in [-0.3, -0.25) is 4.90 Å². The molecule has 1 fully saturated rings. The van der Waals surface area contributed by atoms with Gasteiger partial charge in [0.25, 0.3) is 6.43 Å². The Morgan fingerprint density at radius 1 is 1.44 bits per heavy atom. The molecule has 0 saturated carbocycles. The molecule has 0 aliphatic carbocycles. The summed E-state index contributed by atoms with van der Waals surface area (Å²) in [5.74, 6) is -1.50. The number of carboxylic acid groups (broad SMARTS) is 1. The fourth-order valence-electron chi connectivity index (χ4n) is 2.90. The lowest BCUT2D eigenvalue weighted by Crippen LogP contribution is -2.44. The van der Waals surface area contributed by atoms with Crippen molar-refractivity contribution in [3.63, 3.8) is 0 Å². The van der Waals surface area contributed by atoms with Gasteiger partial charge >= 0.3 is 6.09 Å². The first-order valence-corrected chi connectivity index (χ1v) is 7.36. The van der Waals surface area contributed by atoms with Crippen molar-refractivity contribution < 1.29 is 27.8 Å². The minimum atomic E-state index is -2.91. The van der Waals surface area contributed by atoms with Gasteiger partial charge in [0.1, 0.15) is 23.6 Å². The van der Waals surface area contributed by atoms with Crippen LogP contribution < -0.4 is 0 Å². The second-order valence-electron chi connectivity index (χ2n) is 5.97. The first kappa shape index (κ1) is 17.2. The van der Waals surface area contributed by atoms with Crippen molar-refractivity contribution in [3.05, 3.63) is 41.7 Å². The van der Waals surface area contributed by atoms with Crippen LogP contribution in [0.2, 0.25) is 0 Å². The Kier molecular flexibility index (Phi) is 4.15. The summed E-state index contributed by atoms with van der Waals surface area (Å²) in [5.41, 5.74) is -0.898. The van der Waals surface area contributed by atoms with E-state index in [2.05, 4.69) is 10.1 Å². The van der Waals surface area contributed by atoms with Gasteiger partial charge in [-0.15, -0.1) is 0 Å². The van der Waals surface area contributed by atoms with E-state index in [9.17, 15) is 23.1 Å². The standard InChI is InChI=1S/C15H15F3N4O3/c1-15(2)21(14(23)24)11(6-25-15)8-3-4-10(9(16)5-8)22-13(12(17)18)19-7-20-22/h3-5,7,11-12H,6H2,1-2H3,(H,23,24)/t11-/m1/s1. The van der Waals surface area contributed by atoms with Crippen LogP contribution >= 0.6 is 0 Å². The molecule has 3 rings (SSSR count). The van der Waals surface area contributed by atoms with Crippen LogP contribution in [-0.2, 0) is 4.74 Å². The molecule has 1 aromatic heterocycles. The number of alkyl halides is 2. The third kappa shape index (κ3) is 2.93. The molecule has 0 spiro atoms. The summed E-state index contributed by atoms with van der Waals surface area (Å²) in [7, 11) is 0. The van der Waals surface area contributed by atoms with Crippen molar-refractivity contribution in [2.45, 2.75) is 32.0 Å². The number of ether oxygens (including phenoxy) is 1. The molecule has 1 amide bonds. The van der Waals surface area contributed by atoms with Crippen LogP contribution in [0.1, 0.15) is 37.7 Å². The minimum absolute atomic E-state index is 0.0592. The molecule has 2 aromatic rings. The van der Waals surface area contributed by atoms with Gasteiger partial charge in [-0.2, -0.15) is 5.10 Å². The summed E-state index contributed by atoms with van der Waals surface area (Å²) in [6.45, 7) is 3.25. The van der Waals surface area contributed by atoms with Gasteiger partial charge in [0.05, 0.1) is 12.6 Å². The second-order valence-corrected chi connectivity index (χ2v) is 5.97. The number of benzene rings is 1. The molecule has 1 aliphatic heterocycles. The topological polar surface area (TPSA) is 80.5 Å². The zero-order valence-electron chi connectivity index (χ0n) is 13.4. The van der Waals surface area contributed by atoms with Crippen molar-refractivity contribution in [1.29, 1.82) is 0 Å². The third-order valence-electron chi connectivity index (χ3n) is 4.05. The molecule has 0 unspecified atom stereocenters. The SMILES string of the molecule is CC1(C)OC[C@H](c2ccc(-n3ncnc3C(F)F)c(F)c2)N1C(=O)O. The zero-order valence-corrected chi connectivity index (χ0v) is 13.4. The lowest BCUT2D eigenvalue weighted by Gasteiger charge is -2.31. The molecule has 7 nitrogen and oxygen atoms in total. The van der Waals surface area contributed by atoms with E-state index in [1.807, 2.05) is 0 Å². The fraction of sp³-hybridized carbons (Fsp3) is 0.400. The Hall–Kier alpha value is -2.62. The van der Waals surface area contributed by atoms with Crippen molar-refractivity contribution in [3.8, 4) is 5.69 Å². The molecule has 1 aromatic carbocycles. The van der Waals surface area contributed by atoms with Crippen molar-refractivity contribution in [1.82, 2.24) is 19.7 Å². The molecule has 25 heavy (non-hydrogen) atoms. The Labute approximate surface area is 140 Å². The quantitative estimate of drug-likeness (QED) is 0.914. The normalized spacial score (nSPS) is 19.6. The molecule has 0 radical (unpaired) electrons. The first-order chi connectivity index (χ1) is 11.7. The van der Waals surface area contributed by atoms with Crippen LogP contribution in [0.25, 0.3) is 5.69 Å². The number of hydrogen-bond acceptors (Lipinski definition) is 4. The number of rotatable bonds is 3. The van der Waals surface area contributed by atoms with Crippen LogP contribution in [0.3, 0.4) is 0 Å². The van der Waals surface area contributed by atoms with Gasteiger partial charge in [0, 0.05) is 0 Å². The minimum Gasteiger partial charge on any atom is -0.465 e. The average molecular weight is 356 g/mol. The van der Waals surface area contributed by atoms with Crippen molar-refractivity contribution in [2.24, 2.45) is 0 Å². The Balaban J connectivity index is 1.98. The summed E-state index contributed by atoms with van der Waals surface area (Å²) in [6, 6.07) is 3.11. The van der Waals surface area contributed by atoms with E-state index in [1.54, 1.807) is 13.8 Å². The second kappa shape index (κ2) is 6.03. The Morgan fingerprint density at radius 3 is 2.76 bits per heavy atom. The van der Waals surface area contributed by atoms with Gasteiger partial charge < -0.3 is 9.84 Å². The molecular weight excluding hydrogens is 341 g/mol. The zero-order chi connectivity index (χ0) is 18.4. The molecule has 134 valence electrons. The Bertz CT molecular complexity index is 809. The van der Waals surface area contributed by atoms with Crippen LogP contribution in [0.15, 0.2) is 24.5 Å². The molecule has 1 N–H and O–H groups in total. The Morgan fingerprint density at radius 2 is 2.16 bits per heavy atom. The number of nitrogens with zero attached hydrogens (tertiary/aromatic N) is 4. The van der Waals surface area contributed by atoms with E-state index in [-0.39, 0.29) is 12.3 Å². The van der Waals surface area contributed by atoms with Crippen LogP contribution in [0, 0.1) is 5.82 Å². The van der Waals surface area contributed by atoms with Crippen LogP contribution in [0.4, 0.5) is 18.0 Å². The van der Waals surface area contributed by atoms with Gasteiger partial charge in [0.15, 0.2) is 5.82 Å². The largest absolute Gasteiger partial charge is 0.465 e. The maximum atomic E-state index is 14.5. The van der Waals surface area contributed by atoms with E-state index in [1.165, 1.54) is 12.1 Å². The van der Waals surface area contributed by atoms with E-state index in [4.69, 9.17) is 4.74 Å². The predicted octanol–water partition coefficient (Wildman–Crippen LogP) is 3.13. The molecular formula is C15H15F3N4O3. The van der Waals surface area contributed by atoms with E-state index in [0.29, 0.717) is 10.2 Å². The lowest BCUT2D eigenvalue weighted by atomic mass is 10.0. The number of aromatic nitrogens is 3. The highest BCUT2D eigenvalue weighted by molar-refractivity contribution is 5.67. The average Bonchev–Trinajstić information content (AvgIpc) is 3.11. The molecule has 1 atom stereocenters. The monoisotopic (exact) mass is 356 g/mol. The number of hydrogen-bond donors (Lipinski definition) is 1. The molecule has 2 heterocycles. The summed E-state index contributed by atoms with van der Waals surface area (Å²) in [5, 5.41) is 13.0. The molecule has 1 saturated heterocycles. The van der Waals surface area contributed by atoms with Gasteiger partial charge in [0.2, 0.25) is 0 Å². The fourth-order valence-corrected chi connectivity index (χ4v) is 2.90. The lowest BCUT2D eigenvalue weighted by molar-refractivity contribution is -0.0420. The predicted molar refractivity (Wildman–Crippen MR) is 78.9 cm³/mol. The number of halogens is 3. The summed E-state index contributed by atoms with van der Waals surface area (Å²) < 4.78 is 46.5. The number of carbonyl (C=O) groups is 1. The highest BCUT2D eigenvalue weighted by Crippen LogP contribution is 2.37. The number of amides is 1. The third-order valence-corrected chi connectivity index (χ3v) is 4.05. The van der Waals surface area contributed by atoms with Gasteiger partial charge in [-0.05, 0) is 31.5 Å². The highest BCUT2D eigenvalue weighted by Gasteiger charge is 2.44. The van der Waals surface area contributed by atoms with E-state index < -0.39 is 35.9 Å².